The van der Waals surface area contributed by atoms with E-state index in [4.69, 9.17) is 14.2 Å². The molecular weight excluding hydrogens is 544 g/mol. The van der Waals surface area contributed by atoms with Crippen LogP contribution in [0.5, 0.6) is 0 Å². The van der Waals surface area contributed by atoms with Crippen molar-refractivity contribution in [2.45, 2.75) is 77.4 Å². The largest absolute Gasteiger partial charge is 2.00 e. The van der Waals surface area contributed by atoms with E-state index in [9.17, 15) is 9.59 Å². The van der Waals surface area contributed by atoms with Gasteiger partial charge in [-0.25, -0.2) is 4.79 Å². The van der Waals surface area contributed by atoms with Crippen molar-refractivity contribution in [2.75, 3.05) is 13.7 Å². The molecule has 0 aliphatic heterocycles. The molecule has 1 aromatic carbocycles. The number of hydrogen-bond donors (Lipinski definition) is 0. The molecule has 40 heavy (non-hydrogen) atoms. The Kier molecular flexibility index (Phi) is 20.7. The van der Waals surface area contributed by atoms with Crippen LogP contribution in [0.25, 0.3) is 0 Å². The van der Waals surface area contributed by atoms with E-state index >= 15 is 0 Å². The van der Waals surface area contributed by atoms with Gasteiger partial charge in [-0.3, -0.25) is 4.79 Å². The van der Waals surface area contributed by atoms with E-state index in [0.717, 1.165) is 30.2 Å². The van der Waals surface area contributed by atoms with Crippen molar-refractivity contribution in [1.82, 2.24) is 0 Å². The molecule has 2 saturated carbocycles. The van der Waals surface area contributed by atoms with Gasteiger partial charge in [0, 0.05) is 25.9 Å². The Hall–Kier alpha value is -1.80. The molecule has 3 rings (SSSR count). The normalized spacial score (nSPS) is 16.5. The minimum absolute atomic E-state index is 0. The van der Waals surface area contributed by atoms with Crippen molar-refractivity contribution in [1.29, 1.82) is 0 Å². The third kappa shape index (κ3) is 14.2. The van der Waals surface area contributed by atoms with Gasteiger partial charge in [-0.05, 0) is 83.1 Å². The van der Waals surface area contributed by atoms with Crippen LogP contribution in [0.4, 0.5) is 0 Å². The molecule has 0 N–H and O–H groups in total. The Bertz CT molecular complexity index is 850. The zero-order valence-electron chi connectivity index (χ0n) is 23.9. The molecule has 0 heterocycles. The van der Waals surface area contributed by atoms with Crippen LogP contribution in [-0.4, -0.2) is 31.8 Å². The first-order valence-electron chi connectivity index (χ1n) is 14.0. The number of hydrogen-bond acceptors (Lipinski definition) is 5. The van der Waals surface area contributed by atoms with Gasteiger partial charge in [0.05, 0.1) is 12.5 Å². The number of esters is 2. The van der Waals surface area contributed by atoms with Crippen LogP contribution in [0.15, 0.2) is 30.3 Å². The number of ether oxygens (including phenoxy) is 3. The number of rotatable bonds is 14. The minimum atomic E-state index is -0.822. The van der Waals surface area contributed by atoms with Crippen molar-refractivity contribution in [3.63, 3.8) is 0 Å². The van der Waals surface area contributed by atoms with E-state index < -0.39 is 18.2 Å². The average Bonchev–Trinajstić information content (AvgIpc) is 3.67. The summed E-state index contributed by atoms with van der Waals surface area (Å²) in [4.78, 5) is 24.9. The maximum absolute atomic E-state index is 13.1. The first-order valence-corrected chi connectivity index (χ1v) is 14.0. The Morgan fingerprint density at radius 3 is 2.20 bits per heavy atom. The maximum Gasteiger partial charge on any atom is 2.00 e. The number of benzene rings is 1. The van der Waals surface area contributed by atoms with Crippen LogP contribution in [0.3, 0.4) is 0 Å². The molecule has 0 aromatic heterocycles. The zero-order chi connectivity index (χ0) is 28.1. The summed E-state index contributed by atoms with van der Waals surface area (Å²) in [6.07, 6.45) is 21.3. The summed E-state index contributed by atoms with van der Waals surface area (Å²) in [6, 6.07) is 9.27. The molecule has 10 radical (unpaired) electrons. The van der Waals surface area contributed by atoms with Crippen molar-refractivity contribution in [3.05, 3.63) is 99.1 Å². The van der Waals surface area contributed by atoms with Gasteiger partial charge in [-0.1, -0.05) is 62.4 Å². The summed E-state index contributed by atoms with van der Waals surface area (Å²) in [6.45, 7) is 4.33. The summed E-state index contributed by atoms with van der Waals surface area (Å²) in [7, 11) is 1.49. The molecule has 2 fully saturated rings. The fourth-order valence-corrected chi connectivity index (χ4v) is 4.09. The van der Waals surface area contributed by atoms with Gasteiger partial charge in [0.1, 0.15) is 6.10 Å². The Balaban J connectivity index is 0.00000120. The van der Waals surface area contributed by atoms with Crippen LogP contribution in [0, 0.1) is 75.0 Å². The first-order chi connectivity index (χ1) is 19.1. The molecule has 0 saturated heterocycles. The topological polar surface area (TPSA) is 61.8 Å². The second-order valence-electron chi connectivity index (χ2n) is 9.12. The Morgan fingerprint density at radius 2 is 1.57 bits per heavy atom. The van der Waals surface area contributed by atoms with Gasteiger partial charge >= 0.3 is 29.0 Å². The predicted octanol–water partition coefficient (Wildman–Crippen LogP) is 6.79. The predicted molar refractivity (Wildman–Crippen MR) is 154 cm³/mol. The first kappa shape index (κ1) is 36.2. The van der Waals surface area contributed by atoms with Crippen molar-refractivity contribution >= 4 is 11.9 Å². The number of carbonyl (C=O) groups is 2. The summed E-state index contributed by atoms with van der Waals surface area (Å²) in [5.74, 6) is 7.52. The molecular formula is C34H42FeO5+2. The van der Waals surface area contributed by atoms with E-state index in [1.54, 1.807) is 6.92 Å². The number of methoxy groups -OCH3 is 1. The second kappa shape index (κ2) is 22.8. The van der Waals surface area contributed by atoms with E-state index in [2.05, 4.69) is 18.8 Å². The van der Waals surface area contributed by atoms with E-state index in [0.29, 0.717) is 19.4 Å². The fourth-order valence-electron chi connectivity index (χ4n) is 4.09. The van der Waals surface area contributed by atoms with Gasteiger partial charge < -0.3 is 14.2 Å². The fraction of sp³-hybridized carbons (Fsp3) is 0.412. The molecule has 2 aliphatic rings. The number of carbonyl (C=O) groups excluding carboxylic acids is 2. The third-order valence-corrected chi connectivity index (χ3v) is 6.09. The Labute approximate surface area is 254 Å². The minimum Gasteiger partial charge on any atom is -0.466 e. The van der Waals surface area contributed by atoms with Crippen molar-refractivity contribution in [3.8, 4) is 11.8 Å². The van der Waals surface area contributed by atoms with Crippen molar-refractivity contribution in [2.24, 2.45) is 0 Å². The van der Waals surface area contributed by atoms with E-state index in [1.165, 1.54) is 26.4 Å². The smallest absolute Gasteiger partial charge is 0.466 e. The van der Waals surface area contributed by atoms with E-state index in [-0.39, 0.29) is 29.5 Å². The molecule has 0 amide bonds. The van der Waals surface area contributed by atoms with Crippen LogP contribution >= 0.6 is 0 Å². The van der Waals surface area contributed by atoms with Crippen LogP contribution in [0.2, 0.25) is 0 Å². The maximum atomic E-state index is 13.1. The summed E-state index contributed by atoms with van der Waals surface area (Å²) in [5, 5.41) is 0. The molecule has 2 atom stereocenters. The molecule has 0 unspecified atom stereocenters. The van der Waals surface area contributed by atoms with Gasteiger partial charge in [-0.2, -0.15) is 0 Å². The van der Waals surface area contributed by atoms with Gasteiger partial charge in [0.25, 0.3) is 0 Å². The second-order valence-corrected chi connectivity index (χ2v) is 9.12. The standard InChI is InChI=1S/C29H37O5.C5H5.Fe/c1-4-6-7-8-9-11-16-23-19-14-20-25(23)26(21-15-22-27(30)33-5-2)34-29(31)28(32-3)24-17-12-10-13-18-24;1-2-4-5-3-1;/h10,12-14,17-20,26,28H,4-9,15,21-22H2,1-3H3;1-5H;/q;;+2/t26-,28+;;/m0../s1. The molecule has 6 heteroatoms. The molecule has 214 valence electrons. The van der Waals surface area contributed by atoms with Crippen LogP contribution < -0.4 is 0 Å². The van der Waals surface area contributed by atoms with Gasteiger partial charge in [0.15, 0.2) is 6.10 Å². The molecule has 5 nitrogen and oxygen atoms in total. The monoisotopic (exact) mass is 586 g/mol. The molecule has 1 aromatic rings. The Morgan fingerprint density at radius 1 is 0.875 bits per heavy atom. The SMILES string of the molecule is CCCCCCC#C[C]1[CH][CH][CH][C]1[C@H](CCCC(=O)OCC)OC(=O)[C@H](OC)c1ccccc1.[CH]1[CH][CH][CH][CH]1.[Fe+2]. The van der Waals surface area contributed by atoms with Crippen LogP contribution in [-0.2, 0) is 40.9 Å². The average molecular weight is 587 g/mol. The molecule has 0 spiro atoms. The summed E-state index contributed by atoms with van der Waals surface area (Å²) in [5.41, 5.74) is 0.731. The number of unbranched alkanes of at least 4 members (excludes halogenated alkanes) is 4. The summed E-state index contributed by atoms with van der Waals surface area (Å²) >= 11 is 0. The molecule has 2 aliphatic carbocycles. The third-order valence-electron chi connectivity index (χ3n) is 6.09. The molecule has 0 bridgehead atoms. The van der Waals surface area contributed by atoms with Crippen molar-refractivity contribution < 1.29 is 40.9 Å². The summed E-state index contributed by atoms with van der Waals surface area (Å²) < 4.78 is 16.5. The van der Waals surface area contributed by atoms with Gasteiger partial charge in [0.2, 0.25) is 0 Å². The quantitative estimate of drug-likeness (QED) is 0.104. The zero-order valence-corrected chi connectivity index (χ0v) is 25.0. The van der Waals surface area contributed by atoms with E-state index in [1.807, 2.05) is 81.7 Å². The van der Waals surface area contributed by atoms with Crippen LogP contribution in [0.1, 0.15) is 76.9 Å². The van der Waals surface area contributed by atoms with Gasteiger partial charge in [-0.15, -0.1) is 5.92 Å².